The fourth-order valence-corrected chi connectivity index (χ4v) is 2.87. The van der Waals surface area contributed by atoms with Crippen molar-refractivity contribution in [2.24, 2.45) is 5.73 Å². The summed E-state index contributed by atoms with van der Waals surface area (Å²) in [5.74, 6) is 0.259. The number of hydrogen-bond acceptors (Lipinski definition) is 2. The minimum atomic E-state index is -0.515. The highest BCUT2D eigenvalue weighted by Crippen LogP contribution is 2.34. The van der Waals surface area contributed by atoms with Gasteiger partial charge < -0.3 is 10.5 Å². The van der Waals surface area contributed by atoms with E-state index in [1.165, 1.54) is 6.07 Å². The standard InChI is InChI=1S/C16H15BrFNOS/c1-8-6-9(2)10(3)13(7-8)20-12-5-4-11(16(19)21)14(17)15(12)18/h4-7H,1-3H3,(H2,19,21). The summed E-state index contributed by atoms with van der Waals surface area (Å²) in [4.78, 5) is 0.134. The zero-order valence-corrected chi connectivity index (χ0v) is 14.4. The Kier molecular flexibility index (Phi) is 4.64. The van der Waals surface area contributed by atoms with E-state index in [1.54, 1.807) is 6.07 Å². The highest BCUT2D eigenvalue weighted by Gasteiger charge is 2.15. The summed E-state index contributed by atoms with van der Waals surface area (Å²) in [5, 5.41) is 0. The van der Waals surface area contributed by atoms with Gasteiger partial charge in [-0.1, -0.05) is 18.3 Å². The van der Waals surface area contributed by atoms with Crippen LogP contribution in [0.25, 0.3) is 0 Å². The maximum absolute atomic E-state index is 14.4. The molecule has 0 spiro atoms. The number of rotatable bonds is 3. The summed E-state index contributed by atoms with van der Waals surface area (Å²) in [5.41, 5.74) is 9.14. The van der Waals surface area contributed by atoms with Crippen molar-refractivity contribution in [2.45, 2.75) is 20.8 Å². The Hall–Kier alpha value is -1.46. The number of nitrogens with two attached hydrogens (primary N) is 1. The van der Waals surface area contributed by atoms with Crippen LogP contribution in [0.5, 0.6) is 11.5 Å². The molecule has 0 aliphatic carbocycles. The molecule has 0 atom stereocenters. The third kappa shape index (κ3) is 3.24. The van der Waals surface area contributed by atoms with Crippen LogP contribution in [0.1, 0.15) is 22.3 Å². The Morgan fingerprint density at radius 3 is 2.48 bits per heavy atom. The zero-order chi connectivity index (χ0) is 15.7. The van der Waals surface area contributed by atoms with Crippen LogP contribution in [0.15, 0.2) is 28.7 Å². The van der Waals surface area contributed by atoms with Crippen molar-refractivity contribution in [2.75, 3.05) is 0 Å². The van der Waals surface area contributed by atoms with Gasteiger partial charge >= 0.3 is 0 Å². The molecule has 5 heteroatoms. The highest BCUT2D eigenvalue weighted by atomic mass is 79.9. The van der Waals surface area contributed by atoms with Crippen molar-refractivity contribution in [1.29, 1.82) is 0 Å². The van der Waals surface area contributed by atoms with Crippen LogP contribution >= 0.6 is 28.1 Å². The average molecular weight is 368 g/mol. The maximum atomic E-state index is 14.4. The molecule has 0 saturated heterocycles. The molecule has 0 amide bonds. The van der Waals surface area contributed by atoms with E-state index in [-0.39, 0.29) is 15.2 Å². The van der Waals surface area contributed by atoms with Gasteiger partial charge in [0.25, 0.3) is 0 Å². The molecule has 0 unspecified atom stereocenters. The second-order valence-corrected chi connectivity index (χ2v) is 6.14. The molecule has 2 rings (SSSR count). The first kappa shape index (κ1) is 15.9. The van der Waals surface area contributed by atoms with E-state index in [2.05, 4.69) is 22.0 Å². The van der Waals surface area contributed by atoms with E-state index < -0.39 is 5.82 Å². The van der Waals surface area contributed by atoms with Gasteiger partial charge in [-0.3, -0.25) is 0 Å². The van der Waals surface area contributed by atoms with Gasteiger partial charge in [0.1, 0.15) is 10.7 Å². The molecule has 0 heterocycles. The fraction of sp³-hybridized carbons (Fsp3) is 0.188. The molecule has 2 N–H and O–H groups in total. The van der Waals surface area contributed by atoms with Gasteiger partial charge in [-0.05, 0) is 71.6 Å². The molecule has 110 valence electrons. The number of aryl methyl sites for hydroxylation is 2. The molecule has 2 nitrogen and oxygen atoms in total. The number of benzene rings is 2. The SMILES string of the molecule is Cc1cc(C)c(C)c(Oc2ccc(C(N)=S)c(Br)c2F)c1. The van der Waals surface area contributed by atoms with E-state index in [0.717, 1.165) is 16.7 Å². The summed E-state index contributed by atoms with van der Waals surface area (Å²) >= 11 is 8.05. The number of halogens is 2. The van der Waals surface area contributed by atoms with Gasteiger partial charge in [-0.15, -0.1) is 0 Å². The number of thiocarbonyl (C=S) groups is 1. The molecule has 0 aliphatic heterocycles. The van der Waals surface area contributed by atoms with Crippen molar-refractivity contribution in [3.8, 4) is 11.5 Å². The van der Waals surface area contributed by atoms with Gasteiger partial charge in [0.15, 0.2) is 11.6 Å². The maximum Gasteiger partial charge on any atom is 0.180 e. The molecule has 0 bridgehead atoms. The van der Waals surface area contributed by atoms with E-state index >= 15 is 0 Å². The lowest BCUT2D eigenvalue weighted by Gasteiger charge is -2.14. The molecule has 0 fully saturated rings. The van der Waals surface area contributed by atoms with Crippen LogP contribution in [-0.2, 0) is 0 Å². The molecule has 0 aromatic heterocycles. The first-order chi connectivity index (χ1) is 9.81. The number of hydrogen-bond donors (Lipinski definition) is 1. The lowest BCUT2D eigenvalue weighted by Crippen LogP contribution is -2.11. The minimum absolute atomic E-state index is 0.134. The predicted molar refractivity (Wildman–Crippen MR) is 90.7 cm³/mol. The van der Waals surface area contributed by atoms with Crippen LogP contribution in [0, 0.1) is 26.6 Å². The molecular weight excluding hydrogens is 353 g/mol. The Bertz CT molecular complexity index is 731. The smallest absolute Gasteiger partial charge is 0.180 e. The minimum Gasteiger partial charge on any atom is -0.454 e. The predicted octanol–water partition coefficient (Wildman–Crippen LogP) is 4.94. The monoisotopic (exact) mass is 367 g/mol. The van der Waals surface area contributed by atoms with Crippen LogP contribution in [0.2, 0.25) is 0 Å². The molecule has 0 aliphatic rings. The van der Waals surface area contributed by atoms with Gasteiger partial charge in [-0.25, -0.2) is 4.39 Å². The van der Waals surface area contributed by atoms with Crippen LogP contribution in [-0.4, -0.2) is 4.99 Å². The van der Waals surface area contributed by atoms with Crippen molar-refractivity contribution in [1.82, 2.24) is 0 Å². The molecule has 21 heavy (non-hydrogen) atoms. The molecule has 0 radical (unpaired) electrons. The van der Waals surface area contributed by atoms with Crippen molar-refractivity contribution >= 4 is 33.1 Å². The van der Waals surface area contributed by atoms with Crippen LogP contribution in [0.3, 0.4) is 0 Å². The summed E-state index contributed by atoms with van der Waals surface area (Å²) < 4.78 is 20.3. The summed E-state index contributed by atoms with van der Waals surface area (Å²) in [6.07, 6.45) is 0. The third-order valence-electron chi connectivity index (χ3n) is 3.30. The van der Waals surface area contributed by atoms with Gasteiger partial charge in [0.2, 0.25) is 0 Å². The Balaban J connectivity index is 2.46. The summed E-state index contributed by atoms with van der Waals surface area (Å²) in [6, 6.07) is 7.12. The van der Waals surface area contributed by atoms with Crippen LogP contribution < -0.4 is 10.5 Å². The van der Waals surface area contributed by atoms with Gasteiger partial charge in [0, 0.05) is 5.56 Å². The fourth-order valence-electron chi connectivity index (χ4n) is 2.03. The largest absolute Gasteiger partial charge is 0.454 e. The third-order valence-corrected chi connectivity index (χ3v) is 4.29. The quantitative estimate of drug-likeness (QED) is 0.780. The Morgan fingerprint density at radius 1 is 1.19 bits per heavy atom. The molecule has 2 aromatic carbocycles. The normalized spacial score (nSPS) is 10.5. The van der Waals surface area contributed by atoms with E-state index in [1.807, 2.05) is 26.8 Å². The summed E-state index contributed by atoms with van der Waals surface area (Å²) in [6.45, 7) is 5.92. The van der Waals surface area contributed by atoms with Gasteiger partial charge in [0.05, 0.1) is 4.47 Å². The summed E-state index contributed by atoms with van der Waals surface area (Å²) in [7, 11) is 0. The second-order valence-electron chi connectivity index (χ2n) is 4.91. The van der Waals surface area contributed by atoms with Crippen molar-refractivity contribution < 1.29 is 9.13 Å². The van der Waals surface area contributed by atoms with E-state index in [9.17, 15) is 4.39 Å². The Morgan fingerprint density at radius 2 is 1.86 bits per heavy atom. The van der Waals surface area contributed by atoms with Crippen molar-refractivity contribution in [3.05, 3.63) is 56.8 Å². The second kappa shape index (κ2) is 6.12. The highest BCUT2D eigenvalue weighted by molar-refractivity contribution is 9.10. The van der Waals surface area contributed by atoms with Crippen LogP contribution in [0.4, 0.5) is 4.39 Å². The lowest BCUT2D eigenvalue weighted by molar-refractivity contribution is 0.437. The molecule has 0 saturated carbocycles. The van der Waals surface area contributed by atoms with Crippen molar-refractivity contribution in [3.63, 3.8) is 0 Å². The van der Waals surface area contributed by atoms with E-state index in [0.29, 0.717) is 11.3 Å². The van der Waals surface area contributed by atoms with Gasteiger partial charge in [-0.2, -0.15) is 0 Å². The topological polar surface area (TPSA) is 35.2 Å². The zero-order valence-electron chi connectivity index (χ0n) is 12.0. The molecular formula is C16H15BrFNOS. The first-order valence-corrected chi connectivity index (χ1v) is 7.55. The average Bonchev–Trinajstić information content (AvgIpc) is 2.40. The Labute approximate surface area is 137 Å². The van der Waals surface area contributed by atoms with E-state index in [4.69, 9.17) is 22.7 Å². The first-order valence-electron chi connectivity index (χ1n) is 6.34. The lowest BCUT2D eigenvalue weighted by atomic mass is 10.1. The number of ether oxygens (including phenoxy) is 1. The molecule has 2 aromatic rings.